The molecule has 0 saturated heterocycles. The largest absolute Gasteiger partial charge is 0.411 e. The summed E-state index contributed by atoms with van der Waals surface area (Å²) >= 11 is 0. The number of guanidine groups is 1. The van der Waals surface area contributed by atoms with Crippen LogP contribution in [0.5, 0.6) is 0 Å². The van der Waals surface area contributed by atoms with Crippen LogP contribution in [0.4, 0.5) is 13.2 Å². The number of aliphatic imine (C=N–C) groups is 1. The molecule has 1 aliphatic carbocycles. The van der Waals surface area contributed by atoms with Crippen molar-refractivity contribution in [3.05, 3.63) is 36.1 Å². The number of hydrogen-bond donors (Lipinski definition) is 5. The summed E-state index contributed by atoms with van der Waals surface area (Å²) in [6.45, 7) is 15.5. The highest BCUT2D eigenvalue weighted by molar-refractivity contribution is 7.66. The lowest BCUT2D eigenvalue weighted by molar-refractivity contribution is -0.0800. The Morgan fingerprint density at radius 2 is 1.86 bits per heavy atom. The van der Waals surface area contributed by atoms with Gasteiger partial charge in [0, 0.05) is 53.9 Å². The maximum atomic E-state index is 13.3. The molecular weight excluding hydrogens is 504 g/mol. The van der Waals surface area contributed by atoms with E-state index >= 15 is 0 Å². The molecule has 0 radical (unpaired) electrons. The number of alkyl halides is 3. The second kappa shape index (κ2) is 15.6. The summed E-state index contributed by atoms with van der Waals surface area (Å²) in [6.07, 6.45) is 1.31. The van der Waals surface area contributed by atoms with E-state index in [0.29, 0.717) is 32.7 Å². The normalized spacial score (nSPS) is 20.2. The third kappa shape index (κ3) is 13.0. The molecule has 0 bridgehead atoms. The molecule has 6 N–H and O–H groups in total. The van der Waals surface area contributed by atoms with Crippen molar-refractivity contribution >= 4 is 13.1 Å². The van der Waals surface area contributed by atoms with Crippen LogP contribution in [-0.2, 0) is 9.30 Å². The summed E-state index contributed by atoms with van der Waals surface area (Å²) in [5.41, 5.74) is 5.62. The van der Waals surface area contributed by atoms with Crippen molar-refractivity contribution in [2.45, 2.75) is 64.7 Å². The Morgan fingerprint density at radius 3 is 2.43 bits per heavy atom. The van der Waals surface area contributed by atoms with E-state index in [0.717, 1.165) is 36.5 Å². The molecule has 1 fully saturated rings. The molecule has 0 aromatic rings. The number of nitrogens with zero attached hydrogens (tertiary/aromatic N) is 1. The molecule has 1 saturated carbocycles. The van der Waals surface area contributed by atoms with Crippen LogP contribution in [0, 0.1) is 5.41 Å². The zero-order valence-electron chi connectivity index (χ0n) is 22.9. The lowest BCUT2D eigenvalue weighted by atomic mass is 9.91. The summed E-state index contributed by atoms with van der Waals surface area (Å²) in [5.74, 6) is 0.252. The molecule has 1 rings (SSSR count). The van der Waals surface area contributed by atoms with Crippen LogP contribution in [0.3, 0.4) is 0 Å². The van der Waals surface area contributed by atoms with Crippen LogP contribution >= 0.6 is 7.14 Å². The minimum atomic E-state index is -4.44. The number of ether oxygens (including phenoxy) is 1. The Kier molecular flexibility index (Phi) is 14.0. The van der Waals surface area contributed by atoms with E-state index in [4.69, 9.17) is 10.5 Å². The van der Waals surface area contributed by atoms with Crippen molar-refractivity contribution in [2.75, 3.05) is 46.2 Å². The third-order valence-electron chi connectivity index (χ3n) is 5.94. The summed E-state index contributed by atoms with van der Waals surface area (Å²) < 4.78 is 56.8. The fourth-order valence-corrected chi connectivity index (χ4v) is 7.04. The SMILES string of the molecule is C=CN/C(CC)=C(/C(C)(C)CN=C(N/C=C/C(F)(F)F)N[C@H]1CC[C@H](NCCOCCN)C1)P(C)(C)=O. The zero-order chi connectivity index (χ0) is 28.1. The number of nitrogens with one attached hydrogen (secondary N) is 4. The van der Waals surface area contributed by atoms with Crippen molar-refractivity contribution in [1.82, 2.24) is 21.3 Å². The van der Waals surface area contributed by atoms with Crippen LogP contribution in [-0.4, -0.2) is 70.4 Å². The first-order valence-corrected chi connectivity index (χ1v) is 15.3. The smallest absolute Gasteiger partial charge is 0.379 e. The van der Waals surface area contributed by atoms with Crippen molar-refractivity contribution in [3.8, 4) is 0 Å². The number of allylic oxidation sites excluding steroid dienone is 2. The van der Waals surface area contributed by atoms with Gasteiger partial charge in [-0.1, -0.05) is 27.4 Å². The lowest BCUT2D eigenvalue weighted by Gasteiger charge is -2.32. The zero-order valence-corrected chi connectivity index (χ0v) is 23.8. The van der Waals surface area contributed by atoms with E-state index in [1.807, 2.05) is 20.8 Å². The van der Waals surface area contributed by atoms with Gasteiger partial charge in [0.25, 0.3) is 0 Å². The highest BCUT2D eigenvalue weighted by Crippen LogP contribution is 2.56. The minimum absolute atomic E-state index is 0.0446. The maximum Gasteiger partial charge on any atom is 0.411 e. The van der Waals surface area contributed by atoms with Crippen LogP contribution < -0.4 is 27.0 Å². The van der Waals surface area contributed by atoms with Gasteiger partial charge < -0.3 is 36.3 Å². The van der Waals surface area contributed by atoms with E-state index in [1.54, 1.807) is 19.5 Å². The first-order valence-electron chi connectivity index (χ1n) is 12.7. The monoisotopic (exact) mass is 550 g/mol. The van der Waals surface area contributed by atoms with Gasteiger partial charge in [0.05, 0.1) is 19.8 Å². The Labute approximate surface area is 220 Å². The Balaban J connectivity index is 3.03. The van der Waals surface area contributed by atoms with Gasteiger partial charge in [-0.2, -0.15) is 13.2 Å². The first-order chi connectivity index (χ1) is 17.2. The Hall–Kier alpha value is -1.81. The number of rotatable bonds is 15. The van der Waals surface area contributed by atoms with Crippen molar-refractivity contribution in [1.29, 1.82) is 0 Å². The summed E-state index contributed by atoms with van der Waals surface area (Å²) in [5, 5.41) is 13.3. The van der Waals surface area contributed by atoms with E-state index in [-0.39, 0.29) is 30.7 Å². The van der Waals surface area contributed by atoms with E-state index in [1.165, 1.54) is 0 Å². The maximum absolute atomic E-state index is 13.3. The second-order valence-electron chi connectivity index (χ2n) is 10.2. The topological polar surface area (TPSA) is 113 Å². The van der Waals surface area contributed by atoms with Crippen LogP contribution in [0.15, 0.2) is 41.1 Å². The fourth-order valence-electron chi connectivity index (χ4n) is 4.64. The molecule has 12 heteroatoms. The van der Waals surface area contributed by atoms with Gasteiger partial charge in [-0.05, 0) is 45.2 Å². The predicted molar refractivity (Wildman–Crippen MR) is 147 cm³/mol. The minimum Gasteiger partial charge on any atom is -0.379 e. The van der Waals surface area contributed by atoms with Gasteiger partial charge in [-0.3, -0.25) is 4.99 Å². The van der Waals surface area contributed by atoms with E-state index in [2.05, 4.69) is 32.8 Å². The molecular formula is C25H46F3N6O2P. The Morgan fingerprint density at radius 1 is 1.19 bits per heavy atom. The molecule has 1 aliphatic rings. The van der Waals surface area contributed by atoms with Crippen molar-refractivity contribution in [2.24, 2.45) is 16.1 Å². The van der Waals surface area contributed by atoms with Crippen LogP contribution in [0.1, 0.15) is 46.5 Å². The Bertz CT molecular complexity index is 852. The molecule has 214 valence electrons. The highest BCUT2D eigenvalue weighted by Gasteiger charge is 2.34. The summed E-state index contributed by atoms with van der Waals surface area (Å²) in [6, 6.07) is 0.322. The van der Waals surface area contributed by atoms with Crippen molar-refractivity contribution < 1.29 is 22.5 Å². The van der Waals surface area contributed by atoms with Gasteiger partial charge in [-0.25, -0.2) is 0 Å². The molecule has 0 aromatic heterocycles. The summed E-state index contributed by atoms with van der Waals surface area (Å²) in [4.78, 5) is 4.63. The van der Waals surface area contributed by atoms with Gasteiger partial charge in [0.1, 0.15) is 7.14 Å². The molecule has 0 aromatic carbocycles. The fraction of sp³-hybridized carbons (Fsp3) is 0.720. The molecule has 0 unspecified atom stereocenters. The van der Waals surface area contributed by atoms with Gasteiger partial charge in [-0.15, -0.1) is 0 Å². The lowest BCUT2D eigenvalue weighted by Crippen LogP contribution is -2.42. The number of halogens is 3. The van der Waals surface area contributed by atoms with Crippen molar-refractivity contribution in [3.63, 3.8) is 0 Å². The molecule has 8 nitrogen and oxygen atoms in total. The number of nitrogens with two attached hydrogens (primary N) is 1. The molecule has 0 heterocycles. The molecule has 0 amide bonds. The first kappa shape index (κ1) is 33.2. The average molecular weight is 551 g/mol. The molecule has 0 spiro atoms. The third-order valence-corrected chi connectivity index (χ3v) is 7.89. The highest BCUT2D eigenvalue weighted by atomic mass is 31.2. The molecule has 37 heavy (non-hydrogen) atoms. The van der Waals surface area contributed by atoms with Gasteiger partial charge >= 0.3 is 6.18 Å². The standard InChI is InChI=1S/C25H46F3N6O2P/c1-7-21(30-8-2)22(37(5,6)35)24(3,4)18-33-23(32-13-11-25(26,27)28)34-20-10-9-19(17-20)31-14-16-36-15-12-29/h8,11,13,19-20,30-31H,2,7,9-10,12,14-18,29H2,1,3-6H3,(H2,32,33,34)/b13-11+,22-21-/t19-,20-/m0/s1. The van der Waals surface area contributed by atoms with E-state index in [9.17, 15) is 17.7 Å². The van der Waals surface area contributed by atoms with Crippen LogP contribution in [0.25, 0.3) is 0 Å². The molecule has 0 aliphatic heterocycles. The quantitative estimate of drug-likeness (QED) is 0.0904. The second-order valence-corrected chi connectivity index (χ2v) is 13.3. The predicted octanol–water partition coefficient (Wildman–Crippen LogP) is 4.09. The molecule has 2 atom stereocenters. The number of hydrogen-bond acceptors (Lipinski definition) is 6. The van der Waals surface area contributed by atoms with Gasteiger partial charge in [0.2, 0.25) is 0 Å². The van der Waals surface area contributed by atoms with Crippen LogP contribution in [0.2, 0.25) is 0 Å². The average Bonchev–Trinajstić information content (AvgIpc) is 3.22. The summed E-state index contributed by atoms with van der Waals surface area (Å²) in [7, 11) is -2.69. The van der Waals surface area contributed by atoms with Gasteiger partial charge in [0.15, 0.2) is 5.96 Å². The van der Waals surface area contributed by atoms with E-state index < -0.39 is 18.7 Å².